The van der Waals surface area contributed by atoms with Crippen molar-refractivity contribution in [3.63, 3.8) is 0 Å². The Morgan fingerprint density at radius 1 is 1.11 bits per heavy atom. The lowest BCUT2D eigenvalue weighted by molar-refractivity contribution is -0.137. The molecule has 10 heteroatoms. The molecule has 0 aliphatic carbocycles. The quantitative estimate of drug-likeness (QED) is 0.282. The Balaban J connectivity index is 1.54. The van der Waals surface area contributed by atoms with Crippen LogP contribution in [0.1, 0.15) is 28.4 Å². The minimum Gasteiger partial charge on any atom is -0.462 e. The topological polar surface area (TPSA) is 97.0 Å². The highest BCUT2D eigenvalue weighted by molar-refractivity contribution is 6.08. The molecule has 35 heavy (non-hydrogen) atoms. The van der Waals surface area contributed by atoms with E-state index >= 15 is 0 Å². The van der Waals surface area contributed by atoms with Crippen molar-refractivity contribution in [3.8, 4) is 11.3 Å². The van der Waals surface area contributed by atoms with Gasteiger partial charge in [0.2, 0.25) is 5.91 Å². The molecule has 4 rings (SSSR count). The van der Waals surface area contributed by atoms with E-state index in [1.54, 1.807) is 31.2 Å². The van der Waals surface area contributed by atoms with Gasteiger partial charge in [-0.25, -0.2) is 14.8 Å². The van der Waals surface area contributed by atoms with Gasteiger partial charge in [-0.2, -0.15) is 13.2 Å². The van der Waals surface area contributed by atoms with Crippen LogP contribution < -0.4 is 5.32 Å². The van der Waals surface area contributed by atoms with Crippen molar-refractivity contribution in [3.05, 3.63) is 83.8 Å². The molecule has 2 aromatic heterocycles. The number of halogens is 3. The molecule has 178 valence electrons. The summed E-state index contributed by atoms with van der Waals surface area (Å²) in [5.41, 5.74) is 2.03. The van der Waals surface area contributed by atoms with Crippen LogP contribution in [-0.4, -0.2) is 33.4 Å². The molecule has 0 spiro atoms. The zero-order chi connectivity index (χ0) is 25.0. The molecular weight excluding hydrogens is 461 g/mol. The minimum absolute atomic E-state index is 0.218. The highest BCUT2D eigenvalue weighted by Gasteiger charge is 2.29. The maximum Gasteiger partial charge on any atom is 0.416 e. The van der Waals surface area contributed by atoms with Crippen LogP contribution in [0.3, 0.4) is 0 Å². The molecule has 2 N–H and O–H groups in total. The van der Waals surface area contributed by atoms with Gasteiger partial charge in [0.05, 0.1) is 28.8 Å². The van der Waals surface area contributed by atoms with E-state index in [-0.39, 0.29) is 6.61 Å². The smallest absolute Gasteiger partial charge is 0.416 e. The van der Waals surface area contributed by atoms with Crippen molar-refractivity contribution in [2.24, 2.45) is 0 Å². The SMILES string of the molecule is CCOC(=O)c1c[nH]c2ncnc(-c3cccc(NC(=O)C=Cc4ccc(C(F)(F)F)cc4)c3)c12. The highest BCUT2D eigenvalue weighted by atomic mass is 19.4. The second-order valence-corrected chi connectivity index (χ2v) is 7.39. The number of carbonyl (C=O) groups is 2. The van der Waals surface area contributed by atoms with Crippen molar-refractivity contribution in [2.45, 2.75) is 13.1 Å². The number of rotatable bonds is 6. The number of ether oxygens (including phenoxy) is 1. The fourth-order valence-electron chi connectivity index (χ4n) is 3.43. The number of aromatic amines is 1. The van der Waals surface area contributed by atoms with Crippen LogP contribution in [0.5, 0.6) is 0 Å². The Hall–Kier alpha value is -4.47. The Kier molecular flexibility index (Phi) is 6.63. The van der Waals surface area contributed by atoms with Crippen LogP contribution in [0.2, 0.25) is 0 Å². The normalized spacial score (nSPS) is 11.7. The van der Waals surface area contributed by atoms with Gasteiger partial charge in [-0.3, -0.25) is 4.79 Å². The number of amides is 1. The summed E-state index contributed by atoms with van der Waals surface area (Å²) in [6, 6.07) is 11.3. The second-order valence-electron chi connectivity index (χ2n) is 7.39. The standard InChI is InChI=1S/C25H19F3N4O3/c1-2-35-24(34)19-13-29-23-21(19)22(30-14-31-23)16-4-3-5-18(12-16)32-20(33)11-8-15-6-9-17(10-7-15)25(26,27)28/h3-14H,2H2,1H3,(H,32,33)(H,29,30,31). The summed E-state index contributed by atoms with van der Waals surface area (Å²) in [5, 5.41) is 3.21. The van der Waals surface area contributed by atoms with E-state index in [2.05, 4.69) is 20.3 Å². The third kappa shape index (κ3) is 5.37. The fourth-order valence-corrected chi connectivity index (χ4v) is 3.43. The number of hydrogen-bond acceptors (Lipinski definition) is 5. The first-order valence-corrected chi connectivity index (χ1v) is 10.5. The van der Waals surface area contributed by atoms with Gasteiger partial charge in [0.15, 0.2) is 0 Å². The molecule has 2 aromatic carbocycles. The Bertz CT molecular complexity index is 1410. The van der Waals surface area contributed by atoms with E-state index in [0.717, 1.165) is 12.1 Å². The largest absolute Gasteiger partial charge is 0.462 e. The number of anilines is 1. The van der Waals surface area contributed by atoms with E-state index in [4.69, 9.17) is 4.74 Å². The molecule has 0 unspecified atom stereocenters. The van der Waals surface area contributed by atoms with Gasteiger partial charge in [0.1, 0.15) is 12.0 Å². The molecule has 0 atom stereocenters. The van der Waals surface area contributed by atoms with Gasteiger partial charge in [-0.05, 0) is 42.8 Å². The molecule has 0 bridgehead atoms. The Labute approximate surface area is 197 Å². The van der Waals surface area contributed by atoms with Gasteiger partial charge < -0.3 is 15.0 Å². The van der Waals surface area contributed by atoms with E-state index in [1.165, 1.54) is 36.8 Å². The summed E-state index contributed by atoms with van der Waals surface area (Å²) >= 11 is 0. The number of aromatic nitrogens is 3. The zero-order valence-corrected chi connectivity index (χ0v) is 18.4. The lowest BCUT2D eigenvalue weighted by Gasteiger charge is -2.08. The number of benzene rings is 2. The molecule has 0 saturated carbocycles. The summed E-state index contributed by atoms with van der Waals surface area (Å²) in [4.78, 5) is 36.2. The first-order chi connectivity index (χ1) is 16.8. The van der Waals surface area contributed by atoms with E-state index in [0.29, 0.717) is 39.1 Å². The lowest BCUT2D eigenvalue weighted by atomic mass is 10.1. The van der Waals surface area contributed by atoms with Gasteiger partial charge in [0, 0.05) is 23.5 Å². The molecule has 1 amide bonds. The van der Waals surface area contributed by atoms with Crippen LogP contribution in [0.25, 0.3) is 28.4 Å². The third-order valence-corrected chi connectivity index (χ3v) is 5.03. The molecule has 7 nitrogen and oxygen atoms in total. The molecule has 0 fully saturated rings. The molecule has 0 saturated heterocycles. The number of fused-ring (bicyclic) bond motifs is 1. The summed E-state index contributed by atoms with van der Waals surface area (Å²) in [7, 11) is 0. The van der Waals surface area contributed by atoms with Crippen LogP contribution in [-0.2, 0) is 15.7 Å². The molecular formula is C25H19F3N4O3. The summed E-state index contributed by atoms with van der Waals surface area (Å²) in [5.74, 6) is -0.976. The predicted octanol–water partition coefficient (Wildman–Crippen LogP) is 5.47. The summed E-state index contributed by atoms with van der Waals surface area (Å²) < 4.78 is 43.2. The fraction of sp³-hybridized carbons (Fsp3) is 0.120. The van der Waals surface area contributed by atoms with Crippen LogP contribution in [0.4, 0.5) is 18.9 Å². The zero-order valence-electron chi connectivity index (χ0n) is 18.4. The van der Waals surface area contributed by atoms with Crippen LogP contribution in [0.15, 0.2) is 67.1 Å². The van der Waals surface area contributed by atoms with E-state index < -0.39 is 23.6 Å². The van der Waals surface area contributed by atoms with Gasteiger partial charge in [-0.15, -0.1) is 0 Å². The average Bonchev–Trinajstić information content (AvgIpc) is 3.27. The molecule has 4 aromatic rings. The van der Waals surface area contributed by atoms with Gasteiger partial charge in [-0.1, -0.05) is 24.3 Å². The van der Waals surface area contributed by atoms with Crippen LogP contribution in [0, 0.1) is 0 Å². The first-order valence-electron chi connectivity index (χ1n) is 10.5. The summed E-state index contributed by atoms with van der Waals surface area (Å²) in [6.07, 6.45) is 1.10. The number of H-pyrrole nitrogens is 1. The maximum absolute atomic E-state index is 12.7. The highest BCUT2D eigenvalue weighted by Crippen LogP contribution is 2.31. The Morgan fingerprint density at radius 3 is 2.60 bits per heavy atom. The number of esters is 1. The summed E-state index contributed by atoms with van der Waals surface area (Å²) in [6.45, 7) is 1.93. The molecule has 0 radical (unpaired) electrons. The minimum atomic E-state index is -4.42. The average molecular weight is 480 g/mol. The number of hydrogen-bond donors (Lipinski definition) is 2. The van der Waals surface area contributed by atoms with E-state index in [1.807, 2.05) is 0 Å². The van der Waals surface area contributed by atoms with Crippen molar-refractivity contribution in [2.75, 3.05) is 11.9 Å². The van der Waals surface area contributed by atoms with Gasteiger partial charge in [0.25, 0.3) is 0 Å². The maximum atomic E-state index is 12.7. The molecule has 0 aliphatic rings. The molecule has 2 heterocycles. The van der Waals surface area contributed by atoms with E-state index in [9.17, 15) is 22.8 Å². The Morgan fingerprint density at radius 2 is 1.89 bits per heavy atom. The van der Waals surface area contributed by atoms with Crippen molar-refractivity contribution in [1.82, 2.24) is 15.0 Å². The first kappa shape index (κ1) is 23.7. The number of carbonyl (C=O) groups excluding carboxylic acids is 2. The van der Waals surface area contributed by atoms with Crippen LogP contribution >= 0.6 is 0 Å². The monoisotopic (exact) mass is 480 g/mol. The predicted molar refractivity (Wildman–Crippen MR) is 124 cm³/mol. The number of nitrogens with zero attached hydrogens (tertiary/aromatic N) is 2. The third-order valence-electron chi connectivity index (χ3n) is 5.03. The van der Waals surface area contributed by atoms with Crippen molar-refractivity contribution < 1.29 is 27.5 Å². The number of alkyl halides is 3. The van der Waals surface area contributed by atoms with Crippen molar-refractivity contribution >= 4 is 34.7 Å². The lowest BCUT2D eigenvalue weighted by Crippen LogP contribution is -2.08. The van der Waals surface area contributed by atoms with Crippen molar-refractivity contribution in [1.29, 1.82) is 0 Å². The second kappa shape index (κ2) is 9.80. The van der Waals surface area contributed by atoms with Gasteiger partial charge >= 0.3 is 12.1 Å². The number of nitrogens with one attached hydrogen (secondary N) is 2. The molecule has 0 aliphatic heterocycles.